The Morgan fingerprint density at radius 1 is 1.26 bits per heavy atom. The maximum atomic E-state index is 6.16. The number of rotatable bonds is 5. The van der Waals surface area contributed by atoms with Gasteiger partial charge in [-0.25, -0.2) is 0 Å². The summed E-state index contributed by atoms with van der Waals surface area (Å²) in [5.41, 5.74) is 4.15. The van der Waals surface area contributed by atoms with Gasteiger partial charge in [-0.05, 0) is 48.4 Å². The van der Waals surface area contributed by atoms with Gasteiger partial charge in [0, 0.05) is 25.5 Å². The van der Waals surface area contributed by atoms with Crippen LogP contribution in [0.5, 0.6) is 5.75 Å². The van der Waals surface area contributed by atoms with Crippen LogP contribution in [0.2, 0.25) is 13.1 Å². The lowest BCUT2D eigenvalue weighted by Crippen LogP contribution is -2.44. The molecule has 4 rings (SSSR count). The molecule has 0 spiro atoms. The van der Waals surface area contributed by atoms with Crippen LogP contribution in [0.15, 0.2) is 47.9 Å². The first kappa shape index (κ1) is 18.9. The third-order valence-electron chi connectivity index (χ3n) is 5.41. The largest absolute Gasteiger partial charge is 0.489 e. The second-order valence-corrected chi connectivity index (χ2v) is 14.8. The number of aryl methyl sites for hydroxylation is 2. The number of thiophene rings is 1. The van der Waals surface area contributed by atoms with Crippen LogP contribution in [-0.4, -0.2) is 19.9 Å². The topological polar surface area (TPSA) is 9.23 Å². The quantitative estimate of drug-likeness (QED) is 0.421. The van der Waals surface area contributed by atoms with Crippen molar-refractivity contribution in [3.05, 3.63) is 68.8 Å². The van der Waals surface area contributed by atoms with Crippen LogP contribution in [0.25, 0.3) is 10.8 Å². The molecule has 0 fully saturated rings. The molecule has 4 heteroatoms. The van der Waals surface area contributed by atoms with Crippen molar-refractivity contribution in [2.24, 2.45) is 0 Å². The molecular weight excluding hydrogens is 384 g/mol. The van der Waals surface area contributed by atoms with Crippen LogP contribution in [0.4, 0.5) is 0 Å². The Morgan fingerprint density at radius 3 is 2.78 bits per heavy atom. The van der Waals surface area contributed by atoms with E-state index in [9.17, 15) is 0 Å². The van der Waals surface area contributed by atoms with Crippen LogP contribution in [-0.2, 0) is 0 Å². The number of thioether (sulfide) groups is 1. The van der Waals surface area contributed by atoms with E-state index < -0.39 is 8.07 Å². The standard InChI is InChI=1S/C23H26OS2Si/c1-7-11-24-20-14(2)9-8-10-19(20)27(5,6)23-21-17(12-15(3)25-21)18-13-16(4)26-22(18)23/h7-10,12-13,15H,1,11H2,2-6H3. The lowest BCUT2D eigenvalue weighted by Gasteiger charge is -2.29. The summed E-state index contributed by atoms with van der Waals surface area (Å²) in [4.78, 5) is 4.43. The molecule has 0 bridgehead atoms. The molecule has 1 aromatic carbocycles. The number of allylic oxidation sites excluding steroid dienone is 1. The van der Waals surface area contributed by atoms with Gasteiger partial charge < -0.3 is 4.74 Å². The Bertz CT molecular complexity index is 994. The van der Waals surface area contributed by atoms with Gasteiger partial charge in [-0.2, -0.15) is 0 Å². The minimum atomic E-state index is -1.96. The molecule has 1 aliphatic heterocycles. The molecule has 2 aliphatic rings. The van der Waals surface area contributed by atoms with Crippen molar-refractivity contribution < 1.29 is 4.74 Å². The first-order valence-corrected chi connectivity index (χ1v) is 14.1. The molecule has 2 aromatic rings. The lowest BCUT2D eigenvalue weighted by atomic mass is 10.1. The molecular formula is C23H26OS2Si. The maximum Gasteiger partial charge on any atom is 0.122 e. The number of hydrogen-bond donors (Lipinski definition) is 0. The fourth-order valence-corrected chi connectivity index (χ4v) is 11.2. The number of benzene rings is 1. The molecule has 0 saturated heterocycles. The molecule has 27 heavy (non-hydrogen) atoms. The van der Waals surface area contributed by atoms with Gasteiger partial charge in [-0.3, -0.25) is 0 Å². The Morgan fingerprint density at radius 2 is 2.04 bits per heavy atom. The molecule has 140 valence electrons. The van der Waals surface area contributed by atoms with Gasteiger partial charge in [-0.1, -0.05) is 50.0 Å². The highest BCUT2D eigenvalue weighted by atomic mass is 32.2. The van der Waals surface area contributed by atoms with Crippen molar-refractivity contribution >= 4 is 47.1 Å². The summed E-state index contributed by atoms with van der Waals surface area (Å²) in [6, 6.07) is 9.00. The van der Waals surface area contributed by atoms with Gasteiger partial charge in [0.25, 0.3) is 0 Å². The van der Waals surface area contributed by atoms with Crippen LogP contribution >= 0.6 is 23.1 Å². The third kappa shape index (κ3) is 2.98. The zero-order chi connectivity index (χ0) is 19.3. The molecule has 0 radical (unpaired) electrons. The predicted molar refractivity (Wildman–Crippen MR) is 125 cm³/mol. The van der Waals surface area contributed by atoms with Gasteiger partial charge >= 0.3 is 0 Å². The van der Waals surface area contributed by atoms with Gasteiger partial charge in [0.15, 0.2) is 0 Å². The first-order valence-electron chi connectivity index (χ1n) is 9.43. The van der Waals surface area contributed by atoms with Crippen LogP contribution in [0, 0.1) is 13.8 Å². The second-order valence-electron chi connectivity index (χ2n) is 7.88. The van der Waals surface area contributed by atoms with Gasteiger partial charge in [0.05, 0.1) is 0 Å². The van der Waals surface area contributed by atoms with E-state index in [1.807, 2.05) is 29.2 Å². The zero-order valence-electron chi connectivity index (χ0n) is 16.7. The Hall–Kier alpha value is -1.49. The van der Waals surface area contributed by atoms with Crippen molar-refractivity contribution in [3.8, 4) is 5.75 Å². The molecule has 2 heterocycles. The van der Waals surface area contributed by atoms with E-state index in [0.29, 0.717) is 11.9 Å². The van der Waals surface area contributed by atoms with E-state index in [2.05, 4.69) is 70.8 Å². The maximum absolute atomic E-state index is 6.16. The molecule has 0 N–H and O–H groups in total. The van der Waals surface area contributed by atoms with Gasteiger partial charge in [0.1, 0.15) is 20.4 Å². The van der Waals surface area contributed by atoms with Crippen LogP contribution in [0.3, 0.4) is 0 Å². The SMILES string of the molecule is C=CCOc1c(C)cccc1[Si](C)(C)C1=C2SC(C)C=C2c2cc(C)sc21. The Kier molecular flexibility index (Phi) is 4.77. The lowest BCUT2D eigenvalue weighted by molar-refractivity contribution is 0.363. The highest BCUT2D eigenvalue weighted by Crippen LogP contribution is 2.57. The van der Waals surface area contributed by atoms with Crippen molar-refractivity contribution in [3.63, 3.8) is 0 Å². The van der Waals surface area contributed by atoms with E-state index in [1.165, 1.54) is 36.5 Å². The Labute approximate surface area is 171 Å². The van der Waals surface area contributed by atoms with E-state index >= 15 is 0 Å². The minimum absolute atomic E-state index is 0.550. The number of fused-ring (bicyclic) bond motifs is 3. The normalized spacial score (nSPS) is 18.4. The first-order chi connectivity index (χ1) is 12.8. The summed E-state index contributed by atoms with van der Waals surface area (Å²) in [6.45, 7) is 16.0. The molecule has 1 aromatic heterocycles. The van der Waals surface area contributed by atoms with Crippen molar-refractivity contribution in [2.75, 3.05) is 6.61 Å². The number of ether oxygens (including phenoxy) is 1. The Balaban J connectivity index is 1.92. The van der Waals surface area contributed by atoms with Crippen molar-refractivity contribution in [1.82, 2.24) is 0 Å². The highest BCUT2D eigenvalue weighted by Gasteiger charge is 2.43. The zero-order valence-corrected chi connectivity index (χ0v) is 19.3. The molecule has 0 saturated carbocycles. The molecule has 1 unspecified atom stereocenters. The fraction of sp³-hybridized carbons (Fsp3) is 0.304. The van der Waals surface area contributed by atoms with Crippen molar-refractivity contribution in [1.29, 1.82) is 0 Å². The van der Waals surface area contributed by atoms with E-state index in [1.54, 1.807) is 5.20 Å². The smallest absolute Gasteiger partial charge is 0.122 e. The summed E-state index contributed by atoms with van der Waals surface area (Å²) in [6.07, 6.45) is 4.28. The third-order valence-corrected chi connectivity index (χ3v) is 11.5. The summed E-state index contributed by atoms with van der Waals surface area (Å²) in [5, 5.41) is 3.55. The average molecular weight is 411 g/mol. The second kappa shape index (κ2) is 6.84. The van der Waals surface area contributed by atoms with E-state index in [4.69, 9.17) is 4.74 Å². The molecule has 0 amide bonds. The molecule has 1 aliphatic carbocycles. The minimum Gasteiger partial charge on any atom is -0.489 e. The fourth-order valence-electron chi connectivity index (χ4n) is 4.18. The summed E-state index contributed by atoms with van der Waals surface area (Å²) >= 11 is 3.99. The number of hydrogen-bond acceptors (Lipinski definition) is 3. The highest BCUT2D eigenvalue weighted by molar-refractivity contribution is 8.05. The van der Waals surface area contributed by atoms with Crippen LogP contribution < -0.4 is 9.92 Å². The summed E-state index contributed by atoms with van der Waals surface area (Å²) < 4.78 is 6.16. The predicted octanol–water partition coefficient (Wildman–Crippen LogP) is 6.33. The van der Waals surface area contributed by atoms with Crippen LogP contribution in [0.1, 0.15) is 27.8 Å². The monoisotopic (exact) mass is 410 g/mol. The molecule has 1 atom stereocenters. The van der Waals surface area contributed by atoms with E-state index in [-0.39, 0.29) is 0 Å². The van der Waals surface area contributed by atoms with Gasteiger partial charge in [-0.15, -0.1) is 23.1 Å². The number of para-hydroxylation sites is 1. The summed E-state index contributed by atoms with van der Waals surface area (Å²) in [7, 11) is -1.96. The van der Waals surface area contributed by atoms with Crippen molar-refractivity contribution in [2.45, 2.75) is 39.1 Å². The van der Waals surface area contributed by atoms with Gasteiger partial charge in [0.2, 0.25) is 0 Å². The molecule has 1 nitrogen and oxygen atoms in total. The van der Waals surface area contributed by atoms with E-state index in [0.717, 1.165) is 5.75 Å². The average Bonchev–Trinajstić information content (AvgIpc) is 3.22. The summed E-state index contributed by atoms with van der Waals surface area (Å²) in [5.74, 6) is 1.06.